The molecule has 1 aromatic carbocycles. The van der Waals surface area contributed by atoms with Crippen molar-refractivity contribution in [3.63, 3.8) is 0 Å². The van der Waals surface area contributed by atoms with Crippen LogP contribution in [0.3, 0.4) is 0 Å². The Bertz CT molecular complexity index is 510. The van der Waals surface area contributed by atoms with Crippen molar-refractivity contribution in [3.05, 3.63) is 35.4 Å². The Morgan fingerprint density at radius 3 is 2.86 bits per heavy atom. The van der Waals surface area contributed by atoms with E-state index in [1.807, 2.05) is 6.92 Å². The van der Waals surface area contributed by atoms with E-state index in [0.29, 0.717) is 13.0 Å². The van der Waals surface area contributed by atoms with Gasteiger partial charge >= 0.3 is 0 Å². The van der Waals surface area contributed by atoms with Gasteiger partial charge in [-0.15, -0.1) is 0 Å². The maximum absolute atomic E-state index is 13.5. The summed E-state index contributed by atoms with van der Waals surface area (Å²) in [6.45, 7) is 2.48. The summed E-state index contributed by atoms with van der Waals surface area (Å²) in [4.78, 5) is 11.9. The third-order valence-corrected chi connectivity index (χ3v) is 3.61. The second kappa shape index (κ2) is 6.95. The predicted octanol–water partition coefficient (Wildman–Crippen LogP) is 1.82. The number of carbonyl (C=O) groups is 1. The van der Waals surface area contributed by atoms with E-state index < -0.39 is 11.6 Å². The molecular formula is C15H19F2NO3. The van der Waals surface area contributed by atoms with E-state index in [1.165, 1.54) is 0 Å². The standard InChI is InChI=1S/C15H19F2NO3/c1-3-21-13-8-12(15(13)20-2)18-14(19)7-9-6-10(16)4-5-11(9)17/h4-6,12-13,15H,3,7-8H2,1-2H3,(H,18,19)/t12-,13-,15+/m1/s1. The summed E-state index contributed by atoms with van der Waals surface area (Å²) in [5.74, 6) is -1.51. The topological polar surface area (TPSA) is 47.6 Å². The van der Waals surface area contributed by atoms with Gasteiger partial charge in [-0.25, -0.2) is 8.78 Å². The minimum absolute atomic E-state index is 0.0313. The highest BCUT2D eigenvalue weighted by Crippen LogP contribution is 2.27. The summed E-state index contributed by atoms with van der Waals surface area (Å²) in [6.07, 6.45) is 0.224. The van der Waals surface area contributed by atoms with Crippen LogP contribution in [0.25, 0.3) is 0 Å². The largest absolute Gasteiger partial charge is 0.377 e. The van der Waals surface area contributed by atoms with E-state index in [0.717, 1.165) is 18.2 Å². The van der Waals surface area contributed by atoms with Crippen LogP contribution in [0, 0.1) is 11.6 Å². The zero-order valence-electron chi connectivity index (χ0n) is 12.1. The van der Waals surface area contributed by atoms with Crippen molar-refractivity contribution >= 4 is 5.91 Å². The highest BCUT2D eigenvalue weighted by Gasteiger charge is 2.42. The van der Waals surface area contributed by atoms with Crippen molar-refractivity contribution in [2.24, 2.45) is 0 Å². The summed E-state index contributed by atoms with van der Waals surface area (Å²) in [6, 6.07) is 2.92. The van der Waals surface area contributed by atoms with Crippen molar-refractivity contribution in [2.75, 3.05) is 13.7 Å². The van der Waals surface area contributed by atoms with Gasteiger partial charge in [0.25, 0.3) is 0 Å². The van der Waals surface area contributed by atoms with Gasteiger partial charge in [-0.1, -0.05) is 0 Å². The Hall–Kier alpha value is -1.53. The average Bonchev–Trinajstić information content (AvgIpc) is 2.42. The van der Waals surface area contributed by atoms with Gasteiger partial charge in [0.05, 0.1) is 18.6 Å². The van der Waals surface area contributed by atoms with Crippen LogP contribution in [0.2, 0.25) is 0 Å². The summed E-state index contributed by atoms with van der Waals surface area (Å²) in [7, 11) is 1.56. The number of amides is 1. The van der Waals surface area contributed by atoms with Gasteiger partial charge < -0.3 is 14.8 Å². The number of hydrogen-bond donors (Lipinski definition) is 1. The smallest absolute Gasteiger partial charge is 0.224 e. The summed E-state index contributed by atoms with van der Waals surface area (Å²) in [5, 5.41) is 2.77. The minimum Gasteiger partial charge on any atom is -0.377 e. The molecule has 0 aromatic heterocycles. The quantitative estimate of drug-likeness (QED) is 0.871. The second-order valence-corrected chi connectivity index (χ2v) is 5.02. The zero-order valence-corrected chi connectivity index (χ0v) is 12.1. The first-order chi connectivity index (χ1) is 10.0. The van der Waals surface area contributed by atoms with Crippen LogP contribution in [0.5, 0.6) is 0 Å². The molecule has 0 aliphatic heterocycles. The molecule has 21 heavy (non-hydrogen) atoms. The van der Waals surface area contributed by atoms with E-state index in [4.69, 9.17) is 9.47 Å². The lowest BCUT2D eigenvalue weighted by Gasteiger charge is -2.43. The van der Waals surface area contributed by atoms with E-state index in [-0.39, 0.29) is 36.1 Å². The zero-order chi connectivity index (χ0) is 15.4. The van der Waals surface area contributed by atoms with E-state index in [2.05, 4.69) is 5.32 Å². The molecular weight excluding hydrogens is 280 g/mol. The van der Waals surface area contributed by atoms with Gasteiger partial charge in [-0.3, -0.25) is 4.79 Å². The summed E-state index contributed by atoms with van der Waals surface area (Å²) < 4.78 is 37.3. The van der Waals surface area contributed by atoms with Crippen LogP contribution in [0.1, 0.15) is 18.9 Å². The van der Waals surface area contributed by atoms with Crippen molar-refractivity contribution in [2.45, 2.75) is 38.0 Å². The number of hydrogen-bond acceptors (Lipinski definition) is 3. The molecule has 2 rings (SSSR count). The third-order valence-electron chi connectivity index (χ3n) is 3.61. The molecule has 1 aliphatic carbocycles. The number of carbonyl (C=O) groups excluding carboxylic acids is 1. The molecule has 6 heteroatoms. The lowest BCUT2D eigenvalue weighted by molar-refractivity contribution is -0.142. The Labute approximate surface area is 122 Å². The first-order valence-corrected chi connectivity index (χ1v) is 6.92. The molecule has 1 amide bonds. The van der Waals surface area contributed by atoms with Crippen molar-refractivity contribution < 1.29 is 23.0 Å². The van der Waals surface area contributed by atoms with Crippen molar-refractivity contribution in [1.29, 1.82) is 0 Å². The SMILES string of the molecule is CCO[C@@H]1C[C@@H](NC(=O)Cc2cc(F)ccc2F)[C@@H]1OC. The number of halogens is 2. The Morgan fingerprint density at radius 1 is 1.43 bits per heavy atom. The van der Waals surface area contributed by atoms with Gasteiger partial charge in [-0.2, -0.15) is 0 Å². The highest BCUT2D eigenvalue weighted by molar-refractivity contribution is 5.79. The van der Waals surface area contributed by atoms with Crippen molar-refractivity contribution in [3.8, 4) is 0 Å². The fourth-order valence-electron chi connectivity index (χ4n) is 2.53. The van der Waals surface area contributed by atoms with E-state index >= 15 is 0 Å². The minimum atomic E-state index is -0.587. The Balaban J connectivity index is 1.89. The van der Waals surface area contributed by atoms with Crippen LogP contribution in [-0.4, -0.2) is 37.9 Å². The van der Waals surface area contributed by atoms with E-state index in [1.54, 1.807) is 7.11 Å². The number of methoxy groups -OCH3 is 1. The second-order valence-electron chi connectivity index (χ2n) is 5.02. The van der Waals surface area contributed by atoms with Crippen molar-refractivity contribution in [1.82, 2.24) is 5.32 Å². The lowest BCUT2D eigenvalue weighted by Crippen LogP contribution is -2.61. The molecule has 0 bridgehead atoms. The monoisotopic (exact) mass is 299 g/mol. The summed E-state index contributed by atoms with van der Waals surface area (Å²) >= 11 is 0. The number of nitrogens with one attached hydrogen (secondary N) is 1. The van der Waals surface area contributed by atoms with Gasteiger partial charge in [-0.05, 0) is 31.5 Å². The predicted molar refractivity (Wildman–Crippen MR) is 72.8 cm³/mol. The number of rotatable bonds is 6. The molecule has 0 spiro atoms. The normalized spacial score (nSPS) is 24.5. The fourth-order valence-corrected chi connectivity index (χ4v) is 2.53. The highest BCUT2D eigenvalue weighted by atomic mass is 19.1. The third kappa shape index (κ3) is 3.77. The molecule has 0 saturated heterocycles. The molecule has 116 valence electrons. The van der Waals surface area contributed by atoms with Crippen LogP contribution in [0.4, 0.5) is 8.78 Å². The van der Waals surface area contributed by atoms with Gasteiger partial charge in [0, 0.05) is 19.3 Å². The number of ether oxygens (including phenoxy) is 2. The van der Waals surface area contributed by atoms with Gasteiger partial charge in [0.15, 0.2) is 0 Å². The molecule has 0 unspecified atom stereocenters. The van der Waals surface area contributed by atoms with Crippen LogP contribution >= 0.6 is 0 Å². The molecule has 4 nitrogen and oxygen atoms in total. The average molecular weight is 299 g/mol. The molecule has 1 saturated carbocycles. The van der Waals surface area contributed by atoms with Gasteiger partial charge in [0.1, 0.15) is 17.7 Å². The van der Waals surface area contributed by atoms with Crippen LogP contribution < -0.4 is 5.32 Å². The first kappa shape index (κ1) is 15.9. The molecule has 1 N–H and O–H groups in total. The molecule has 3 atom stereocenters. The number of benzene rings is 1. The molecule has 0 radical (unpaired) electrons. The molecule has 0 heterocycles. The maximum Gasteiger partial charge on any atom is 0.224 e. The molecule has 1 fully saturated rings. The van der Waals surface area contributed by atoms with Crippen LogP contribution in [0.15, 0.2) is 18.2 Å². The molecule has 1 aliphatic rings. The fraction of sp³-hybridized carbons (Fsp3) is 0.533. The lowest BCUT2D eigenvalue weighted by atomic mass is 9.85. The first-order valence-electron chi connectivity index (χ1n) is 6.92. The van der Waals surface area contributed by atoms with Gasteiger partial charge in [0.2, 0.25) is 5.91 Å². The Kier molecular flexibility index (Phi) is 5.25. The van der Waals surface area contributed by atoms with Crippen LogP contribution in [-0.2, 0) is 20.7 Å². The summed E-state index contributed by atoms with van der Waals surface area (Å²) in [5.41, 5.74) is 0.0437. The molecule has 1 aromatic rings. The Morgan fingerprint density at radius 2 is 2.19 bits per heavy atom. The maximum atomic E-state index is 13.5. The van der Waals surface area contributed by atoms with E-state index in [9.17, 15) is 13.6 Å².